The largest absolute Gasteiger partial charge is 0.508 e. The Morgan fingerprint density at radius 1 is 1.08 bits per heavy atom. The highest BCUT2D eigenvalue weighted by atomic mass is 16.5. The summed E-state index contributed by atoms with van der Waals surface area (Å²) in [6.45, 7) is 5.12. The molecular formula is C31H35NO5. The van der Waals surface area contributed by atoms with Gasteiger partial charge in [-0.15, -0.1) is 0 Å². The van der Waals surface area contributed by atoms with Crippen LogP contribution in [0.25, 0.3) is 17.7 Å². The number of rotatable bonds is 6. The summed E-state index contributed by atoms with van der Waals surface area (Å²) in [5.74, 6) is 2.68. The monoisotopic (exact) mass is 501 g/mol. The maximum Gasteiger partial charge on any atom is 0.134 e. The summed E-state index contributed by atoms with van der Waals surface area (Å²) in [5, 5.41) is 12.8. The summed E-state index contributed by atoms with van der Waals surface area (Å²) in [4.78, 5) is 2.49. The molecule has 2 saturated heterocycles. The van der Waals surface area contributed by atoms with Crippen LogP contribution >= 0.6 is 0 Å². The van der Waals surface area contributed by atoms with Crippen LogP contribution in [0.2, 0.25) is 0 Å². The second-order valence-electron chi connectivity index (χ2n) is 10.2. The first kappa shape index (κ1) is 24.1. The van der Waals surface area contributed by atoms with Crippen molar-refractivity contribution in [2.75, 3.05) is 46.6 Å². The zero-order valence-corrected chi connectivity index (χ0v) is 21.5. The molecular weight excluding hydrogens is 466 g/mol. The van der Waals surface area contributed by atoms with Gasteiger partial charge in [-0.2, -0.15) is 0 Å². The second kappa shape index (κ2) is 10.6. The predicted octanol–water partition coefficient (Wildman–Crippen LogP) is 4.27. The fraction of sp³-hybridized carbons (Fsp3) is 0.419. The molecule has 3 heterocycles. The van der Waals surface area contributed by atoms with E-state index in [0.717, 1.165) is 62.9 Å². The number of benzene rings is 2. The Morgan fingerprint density at radius 2 is 1.92 bits per heavy atom. The quantitative estimate of drug-likeness (QED) is 0.638. The summed E-state index contributed by atoms with van der Waals surface area (Å²) in [6.07, 6.45) is 11.2. The van der Waals surface area contributed by atoms with Crippen molar-refractivity contribution in [1.29, 1.82) is 0 Å². The van der Waals surface area contributed by atoms with Crippen LogP contribution in [0.1, 0.15) is 49.3 Å². The minimum absolute atomic E-state index is 0.0973. The lowest BCUT2D eigenvalue weighted by Gasteiger charge is -2.28. The van der Waals surface area contributed by atoms with E-state index >= 15 is 0 Å². The van der Waals surface area contributed by atoms with Crippen LogP contribution in [-0.2, 0) is 4.74 Å². The van der Waals surface area contributed by atoms with Crippen LogP contribution in [0.3, 0.4) is 0 Å². The lowest BCUT2D eigenvalue weighted by atomic mass is 9.91. The number of methoxy groups -OCH3 is 1. The van der Waals surface area contributed by atoms with Crippen molar-refractivity contribution >= 4 is 17.7 Å². The molecule has 6 rings (SSSR count). The standard InChI is InChI=1S/C31H35NO5/c1-34-29-17-22-6-5-14-36-31(22)26-19-24(33)16-23-18-28(37-20-27(23)30(26)29)21-7-9-25(10-8-21)35-15-13-32-11-3-2-4-12-32/h6-10,16-17,19,28,33H,2-5,11-15,18,20H2,1H3. The number of allylic oxidation sites excluding steroid dienone is 1. The third-order valence-corrected chi connectivity index (χ3v) is 7.77. The minimum atomic E-state index is -0.0973. The number of hydrogen-bond donors (Lipinski definition) is 1. The first-order chi connectivity index (χ1) is 18.2. The average Bonchev–Trinajstić information content (AvgIpc) is 3.09. The van der Waals surface area contributed by atoms with Gasteiger partial charge in [0, 0.05) is 35.4 Å². The smallest absolute Gasteiger partial charge is 0.134 e. The zero-order chi connectivity index (χ0) is 25.2. The van der Waals surface area contributed by atoms with E-state index in [1.807, 2.05) is 24.3 Å². The molecule has 1 N–H and O–H groups in total. The maximum absolute atomic E-state index is 10.8. The third-order valence-electron chi connectivity index (χ3n) is 7.77. The SMILES string of the molecule is COc1cc2c(c3c1=C1COC(c4ccc(OCCN5CCCCC5)cc4)CC1=CC(O)=C3)OCCC=2. The molecule has 0 bridgehead atoms. The summed E-state index contributed by atoms with van der Waals surface area (Å²) in [5.41, 5.74) is 4.06. The highest BCUT2D eigenvalue weighted by Gasteiger charge is 2.28. The van der Waals surface area contributed by atoms with Gasteiger partial charge in [0.1, 0.15) is 29.6 Å². The van der Waals surface area contributed by atoms with Crippen LogP contribution in [0.5, 0.6) is 17.2 Å². The Morgan fingerprint density at radius 3 is 2.73 bits per heavy atom. The Bertz CT molecular complexity index is 1340. The molecule has 0 saturated carbocycles. The van der Waals surface area contributed by atoms with Crippen molar-refractivity contribution in [2.24, 2.45) is 0 Å². The van der Waals surface area contributed by atoms with Gasteiger partial charge in [0.15, 0.2) is 0 Å². The van der Waals surface area contributed by atoms with Crippen LogP contribution in [0, 0.1) is 0 Å². The van der Waals surface area contributed by atoms with E-state index in [-0.39, 0.29) is 11.9 Å². The number of likely N-dealkylation sites (tertiary alicyclic amines) is 1. The van der Waals surface area contributed by atoms with Crippen molar-refractivity contribution in [3.05, 3.63) is 69.3 Å². The molecule has 0 aromatic heterocycles. The number of ether oxygens (including phenoxy) is 4. The molecule has 0 spiro atoms. The van der Waals surface area contributed by atoms with Crippen LogP contribution in [-0.4, -0.2) is 56.6 Å². The number of aliphatic hydroxyl groups is 1. The number of fused-ring (bicyclic) bond motifs is 4. The number of hydrogen-bond acceptors (Lipinski definition) is 6. The first-order valence-electron chi connectivity index (χ1n) is 13.4. The molecule has 1 unspecified atom stereocenters. The van der Waals surface area contributed by atoms with Crippen molar-refractivity contribution in [3.63, 3.8) is 0 Å². The molecule has 0 radical (unpaired) electrons. The lowest BCUT2D eigenvalue weighted by Crippen LogP contribution is -2.33. The summed E-state index contributed by atoms with van der Waals surface area (Å²) >= 11 is 0. The molecule has 194 valence electrons. The van der Waals surface area contributed by atoms with E-state index in [4.69, 9.17) is 18.9 Å². The van der Waals surface area contributed by atoms with Crippen molar-refractivity contribution < 1.29 is 24.1 Å². The molecule has 6 heteroatoms. The summed E-state index contributed by atoms with van der Waals surface area (Å²) in [7, 11) is 1.69. The first-order valence-corrected chi connectivity index (χ1v) is 13.4. The van der Waals surface area contributed by atoms with Gasteiger partial charge < -0.3 is 24.1 Å². The topological polar surface area (TPSA) is 60.4 Å². The Hall–Kier alpha value is -3.22. The van der Waals surface area contributed by atoms with Gasteiger partial charge in [0.05, 0.1) is 26.4 Å². The van der Waals surface area contributed by atoms with E-state index in [1.54, 1.807) is 13.2 Å². The molecule has 1 aliphatic carbocycles. The summed E-state index contributed by atoms with van der Waals surface area (Å²) < 4.78 is 24.2. The normalized spacial score (nSPS) is 21.2. The Kier molecular flexibility index (Phi) is 6.94. The predicted molar refractivity (Wildman–Crippen MR) is 144 cm³/mol. The molecule has 3 aliphatic heterocycles. The van der Waals surface area contributed by atoms with Crippen LogP contribution in [0.4, 0.5) is 0 Å². The molecule has 2 aromatic carbocycles. The van der Waals surface area contributed by atoms with Crippen LogP contribution in [0.15, 0.2) is 47.7 Å². The Labute approximate surface area is 218 Å². The van der Waals surface area contributed by atoms with Gasteiger partial charge in [0.2, 0.25) is 0 Å². The Balaban J connectivity index is 1.22. The van der Waals surface area contributed by atoms with Gasteiger partial charge in [-0.05, 0) is 73.0 Å². The number of aliphatic hydroxyl groups excluding tert-OH is 1. The fourth-order valence-electron chi connectivity index (χ4n) is 5.85. The molecule has 1 atom stereocenters. The average molecular weight is 502 g/mol. The van der Waals surface area contributed by atoms with Crippen molar-refractivity contribution in [2.45, 2.75) is 38.2 Å². The number of piperidine rings is 1. The van der Waals surface area contributed by atoms with Gasteiger partial charge in [-0.25, -0.2) is 0 Å². The molecule has 2 fully saturated rings. The number of nitrogens with zero attached hydrogens (tertiary/aromatic N) is 1. The van der Waals surface area contributed by atoms with Gasteiger partial charge in [0.25, 0.3) is 0 Å². The maximum atomic E-state index is 10.8. The lowest BCUT2D eigenvalue weighted by molar-refractivity contribution is 0.0672. The van der Waals surface area contributed by atoms with Gasteiger partial charge >= 0.3 is 0 Å². The highest BCUT2D eigenvalue weighted by molar-refractivity contribution is 5.78. The van der Waals surface area contributed by atoms with Gasteiger partial charge in [-0.3, -0.25) is 4.90 Å². The third kappa shape index (κ3) is 5.00. The molecule has 2 aromatic rings. The van der Waals surface area contributed by atoms with E-state index < -0.39 is 0 Å². The summed E-state index contributed by atoms with van der Waals surface area (Å²) in [6, 6.07) is 10.3. The van der Waals surface area contributed by atoms with Gasteiger partial charge in [-0.1, -0.05) is 24.6 Å². The molecule has 0 amide bonds. The van der Waals surface area contributed by atoms with E-state index in [9.17, 15) is 5.11 Å². The molecule has 6 nitrogen and oxygen atoms in total. The second-order valence-corrected chi connectivity index (χ2v) is 10.2. The minimum Gasteiger partial charge on any atom is -0.508 e. The molecule has 4 aliphatic rings. The van der Waals surface area contributed by atoms with Crippen molar-refractivity contribution in [1.82, 2.24) is 4.90 Å². The van der Waals surface area contributed by atoms with Crippen LogP contribution < -0.4 is 24.6 Å². The van der Waals surface area contributed by atoms with Crippen molar-refractivity contribution in [3.8, 4) is 17.2 Å². The molecule has 37 heavy (non-hydrogen) atoms. The zero-order valence-electron chi connectivity index (χ0n) is 21.5. The fourth-order valence-corrected chi connectivity index (χ4v) is 5.85. The van der Waals surface area contributed by atoms with E-state index in [0.29, 0.717) is 26.2 Å². The van der Waals surface area contributed by atoms with E-state index in [2.05, 4.69) is 23.1 Å². The highest BCUT2D eigenvalue weighted by Crippen LogP contribution is 2.38. The van der Waals surface area contributed by atoms with E-state index in [1.165, 1.54) is 32.4 Å².